The Morgan fingerprint density at radius 2 is 2.35 bits per heavy atom. The first-order valence-corrected chi connectivity index (χ1v) is 6.82. The number of carbonyl (C=O) groups is 1. The number of anilines is 3. The van der Waals surface area contributed by atoms with Gasteiger partial charge in [0.2, 0.25) is 5.91 Å². The van der Waals surface area contributed by atoms with Crippen LogP contribution in [-0.4, -0.2) is 43.1 Å². The van der Waals surface area contributed by atoms with Gasteiger partial charge in [0.15, 0.2) is 5.82 Å². The molecule has 6 N–H and O–H groups in total. The molecule has 0 aromatic carbocycles. The first-order valence-electron chi connectivity index (χ1n) is 6.82. The van der Waals surface area contributed by atoms with Gasteiger partial charge in [-0.05, 0) is 18.6 Å². The lowest BCUT2D eigenvalue weighted by atomic mass is 10.2. The fourth-order valence-corrected chi connectivity index (χ4v) is 2.34. The van der Waals surface area contributed by atoms with Gasteiger partial charge in [0.25, 0.3) is 0 Å². The number of hydrogen-bond acceptors (Lipinski definition) is 6. The minimum atomic E-state index is 0.00687. The predicted octanol–water partition coefficient (Wildman–Crippen LogP) is -0.251. The van der Waals surface area contributed by atoms with Crippen molar-refractivity contribution in [3.63, 3.8) is 0 Å². The Kier molecular flexibility index (Phi) is 4.62. The van der Waals surface area contributed by atoms with Crippen LogP contribution in [0.15, 0.2) is 12.1 Å². The van der Waals surface area contributed by atoms with Crippen molar-refractivity contribution in [3.05, 3.63) is 12.1 Å². The number of nitrogens with one attached hydrogen (secondary N) is 2. The summed E-state index contributed by atoms with van der Waals surface area (Å²) in [5.74, 6) is 1.54. The van der Waals surface area contributed by atoms with Crippen LogP contribution < -0.4 is 27.0 Å². The molecule has 1 atom stereocenters. The Morgan fingerprint density at radius 3 is 3.05 bits per heavy atom. The first-order chi connectivity index (χ1) is 9.60. The molecule has 0 aliphatic carbocycles. The van der Waals surface area contributed by atoms with Crippen molar-refractivity contribution in [3.8, 4) is 0 Å². The highest BCUT2D eigenvalue weighted by Gasteiger charge is 2.24. The summed E-state index contributed by atoms with van der Waals surface area (Å²) < 4.78 is 0. The number of amides is 1. The number of nitrogens with two attached hydrogens (primary N) is 2. The van der Waals surface area contributed by atoms with Crippen LogP contribution in [0.1, 0.15) is 13.3 Å². The van der Waals surface area contributed by atoms with Gasteiger partial charge in [-0.2, -0.15) is 0 Å². The molecule has 0 bridgehead atoms. The maximum absolute atomic E-state index is 11.1. The number of nitrogens with zero attached hydrogens (tertiary/aromatic N) is 2. The number of pyridine rings is 1. The van der Waals surface area contributed by atoms with Crippen molar-refractivity contribution in [1.29, 1.82) is 0 Å². The largest absolute Gasteiger partial charge is 0.396 e. The van der Waals surface area contributed by atoms with Crippen LogP contribution in [0.2, 0.25) is 0 Å². The van der Waals surface area contributed by atoms with Crippen LogP contribution in [0.4, 0.5) is 17.3 Å². The molecule has 0 spiro atoms. The Labute approximate surface area is 118 Å². The van der Waals surface area contributed by atoms with Crippen molar-refractivity contribution in [2.24, 2.45) is 5.73 Å². The average Bonchev–Trinajstić information content (AvgIpc) is 2.85. The molecule has 0 radical (unpaired) electrons. The molecule has 1 aromatic rings. The van der Waals surface area contributed by atoms with Crippen molar-refractivity contribution in [2.75, 3.05) is 42.1 Å². The average molecular weight is 278 g/mol. The summed E-state index contributed by atoms with van der Waals surface area (Å²) in [4.78, 5) is 17.7. The van der Waals surface area contributed by atoms with Crippen molar-refractivity contribution in [2.45, 2.75) is 19.4 Å². The molecule has 1 amide bonds. The molecule has 7 heteroatoms. The Balaban J connectivity index is 2.04. The van der Waals surface area contributed by atoms with E-state index in [0.717, 1.165) is 25.3 Å². The standard InChI is InChI=1S/C13H22N6O/c1-9(20)17-10-4-7-19(8-10)12-3-2-11(15)13(18-12)16-6-5-14/h2-3,10H,4-8,14-15H2,1H3,(H,16,18)(H,17,20). The van der Waals surface area contributed by atoms with Crippen LogP contribution in [0.3, 0.4) is 0 Å². The molecule has 2 heterocycles. The molecule has 2 rings (SSSR count). The van der Waals surface area contributed by atoms with E-state index in [1.807, 2.05) is 12.1 Å². The van der Waals surface area contributed by atoms with Crippen LogP contribution in [0.25, 0.3) is 0 Å². The second-order valence-electron chi connectivity index (χ2n) is 4.95. The number of rotatable bonds is 5. The van der Waals surface area contributed by atoms with Crippen molar-refractivity contribution >= 4 is 23.2 Å². The van der Waals surface area contributed by atoms with E-state index in [1.165, 1.54) is 0 Å². The van der Waals surface area contributed by atoms with Gasteiger partial charge in [0.1, 0.15) is 5.82 Å². The van der Waals surface area contributed by atoms with E-state index < -0.39 is 0 Å². The quantitative estimate of drug-likeness (QED) is 0.591. The van der Waals surface area contributed by atoms with Crippen LogP contribution in [-0.2, 0) is 4.79 Å². The summed E-state index contributed by atoms with van der Waals surface area (Å²) in [6.45, 7) is 4.35. The summed E-state index contributed by atoms with van der Waals surface area (Å²) in [6.07, 6.45) is 0.928. The molecule has 7 nitrogen and oxygen atoms in total. The maximum atomic E-state index is 11.1. The van der Waals surface area contributed by atoms with E-state index >= 15 is 0 Å². The molecular weight excluding hydrogens is 256 g/mol. The van der Waals surface area contributed by atoms with E-state index in [9.17, 15) is 4.79 Å². The normalized spacial score (nSPS) is 18.1. The fourth-order valence-electron chi connectivity index (χ4n) is 2.34. The van der Waals surface area contributed by atoms with Gasteiger partial charge in [-0.25, -0.2) is 4.98 Å². The van der Waals surface area contributed by atoms with Crippen LogP contribution >= 0.6 is 0 Å². The van der Waals surface area contributed by atoms with Gasteiger partial charge < -0.3 is 27.0 Å². The monoisotopic (exact) mass is 278 g/mol. The van der Waals surface area contributed by atoms with E-state index in [-0.39, 0.29) is 11.9 Å². The summed E-state index contributed by atoms with van der Waals surface area (Å²) in [7, 11) is 0. The van der Waals surface area contributed by atoms with E-state index in [2.05, 4.69) is 20.5 Å². The zero-order valence-electron chi connectivity index (χ0n) is 11.7. The molecule has 1 aromatic heterocycles. The second kappa shape index (κ2) is 6.42. The Morgan fingerprint density at radius 1 is 1.55 bits per heavy atom. The number of aromatic nitrogens is 1. The minimum Gasteiger partial charge on any atom is -0.396 e. The van der Waals surface area contributed by atoms with Gasteiger partial charge in [-0.3, -0.25) is 4.79 Å². The lowest BCUT2D eigenvalue weighted by Gasteiger charge is -2.19. The molecule has 0 saturated carbocycles. The van der Waals surface area contributed by atoms with Crippen molar-refractivity contribution < 1.29 is 4.79 Å². The van der Waals surface area contributed by atoms with Gasteiger partial charge in [-0.15, -0.1) is 0 Å². The highest BCUT2D eigenvalue weighted by molar-refractivity contribution is 5.73. The second-order valence-corrected chi connectivity index (χ2v) is 4.95. The third-order valence-electron chi connectivity index (χ3n) is 3.27. The van der Waals surface area contributed by atoms with Gasteiger partial charge in [0.05, 0.1) is 5.69 Å². The zero-order chi connectivity index (χ0) is 14.5. The van der Waals surface area contributed by atoms with Gasteiger partial charge in [0, 0.05) is 39.1 Å². The maximum Gasteiger partial charge on any atom is 0.217 e. The molecule has 20 heavy (non-hydrogen) atoms. The minimum absolute atomic E-state index is 0.00687. The Hall–Kier alpha value is -2.02. The molecular formula is C13H22N6O. The van der Waals surface area contributed by atoms with Gasteiger partial charge >= 0.3 is 0 Å². The third-order valence-corrected chi connectivity index (χ3v) is 3.27. The molecule has 1 saturated heterocycles. The first kappa shape index (κ1) is 14.4. The Bertz CT molecular complexity index is 478. The van der Waals surface area contributed by atoms with E-state index in [1.54, 1.807) is 6.92 Å². The van der Waals surface area contributed by atoms with E-state index in [4.69, 9.17) is 11.5 Å². The lowest BCUT2D eigenvalue weighted by Crippen LogP contribution is -2.35. The topological polar surface area (TPSA) is 109 Å². The molecule has 1 fully saturated rings. The molecule has 110 valence electrons. The van der Waals surface area contributed by atoms with Gasteiger partial charge in [-0.1, -0.05) is 0 Å². The number of hydrogen-bond donors (Lipinski definition) is 4. The summed E-state index contributed by atoms with van der Waals surface area (Å²) in [5, 5.41) is 6.05. The number of nitrogen functional groups attached to an aromatic ring is 1. The number of carbonyl (C=O) groups excluding carboxylic acids is 1. The highest BCUT2D eigenvalue weighted by Crippen LogP contribution is 2.23. The predicted molar refractivity (Wildman–Crippen MR) is 80.6 cm³/mol. The molecule has 1 aliphatic rings. The SMILES string of the molecule is CC(=O)NC1CCN(c2ccc(N)c(NCCN)n2)C1. The summed E-state index contributed by atoms with van der Waals surface area (Å²) in [6, 6.07) is 3.93. The van der Waals surface area contributed by atoms with Crippen LogP contribution in [0, 0.1) is 0 Å². The summed E-state index contributed by atoms with van der Waals surface area (Å²) in [5.41, 5.74) is 12.0. The zero-order valence-corrected chi connectivity index (χ0v) is 11.7. The highest BCUT2D eigenvalue weighted by atomic mass is 16.1. The van der Waals surface area contributed by atoms with Crippen LogP contribution in [0.5, 0.6) is 0 Å². The van der Waals surface area contributed by atoms with Crippen molar-refractivity contribution in [1.82, 2.24) is 10.3 Å². The van der Waals surface area contributed by atoms with E-state index in [0.29, 0.717) is 24.6 Å². The smallest absolute Gasteiger partial charge is 0.217 e. The molecule has 1 unspecified atom stereocenters. The lowest BCUT2D eigenvalue weighted by molar-refractivity contribution is -0.119. The molecule has 1 aliphatic heterocycles. The fraction of sp³-hybridized carbons (Fsp3) is 0.538. The summed E-state index contributed by atoms with van der Waals surface area (Å²) >= 11 is 0. The third kappa shape index (κ3) is 3.51.